The van der Waals surface area contributed by atoms with Gasteiger partial charge in [0.15, 0.2) is 0 Å². The Morgan fingerprint density at radius 2 is 1.96 bits per heavy atom. The highest BCUT2D eigenvalue weighted by Gasteiger charge is 2.13. The third-order valence-corrected chi connectivity index (χ3v) is 3.00. The molecule has 0 atom stereocenters. The van der Waals surface area contributed by atoms with Crippen molar-refractivity contribution < 1.29 is 24.2 Å². The zero-order valence-corrected chi connectivity index (χ0v) is 13.4. The van der Waals surface area contributed by atoms with Gasteiger partial charge < -0.3 is 25.4 Å². The molecule has 0 aliphatic rings. The maximum Gasteiger partial charge on any atom is 0.337 e. The number of hydrogen-bond acceptors (Lipinski definition) is 5. The number of nitrogens with zero attached hydrogens (tertiary/aromatic N) is 1. The van der Waals surface area contributed by atoms with Gasteiger partial charge in [0.2, 0.25) is 0 Å². The molecule has 0 spiro atoms. The van der Waals surface area contributed by atoms with Gasteiger partial charge in [-0.1, -0.05) is 0 Å². The predicted octanol–water partition coefficient (Wildman–Crippen LogP) is 1.53. The fraction of sp³-hybridized carbons (Fsp3) is 0.400. The van der Waals surface area contributed by atoms with Crippen molar-refractivity contribution in [3.05, 3.63) is 23.8 Å². The minimum absolute atomic E-state index is 0.00292. The molecule has 8 nitrogen and oxygen atoms in total. The topological polar surface area (TPSA) is 108 Å². The molecular formula is C15H21N3O5. The molecule has 0 saturated carbocycles. The minimum atomic E-state index is -0.902. The molecule has 23 heavy (non-hydrogen) atoms. The Labute approximate surface area is 134 Å². The molecule has 0 radical (unpaired) electrons. The fourth-order valence-electron chi connectivity index (χ4n) is 1.86. The SMILES string of the molecule is COC(=O)c1ccc(NC(=O)NCCCC(=O)O)c(N(C)C)c1. The monoisotopic (exact) mass is 323 g/mol. The smallest absolute Gasteiger partial charge is 0.337 e. The molecule has 0 aliphatic heterocycles. The van der Waals surface area contributed by atoms with Gasteiger partial charge in [0.25, 0.3) is 0 Å². The van der Waals surface area contributed by atoms with E-state index in [1.807, 2.05) is 0 Å². The van der Waals surface area contributed by atoms with Crippen LogP contribution in [0.4, 0.5) is 16.2 Å². The molecule has 0 heterocycles. The van der Waals surface area contributed by atoms with E-state index in [9.17, 15) is 14.4 Å². The van der Waals surface area contributed by atoms with Crippen LogP contribution >= 0.6 is 0 Å². The second-order valence-electron chi connectivity index (χ2n) is 5.00. The molecule has 1 aromatic carbocycles. The van der Waals surface area contributed by atoms with Gasteiger partial charge in [0, 0.05) is 27.1 Å². The molecule has 3 N–H and O–H groups in total. The summed E-state index contributed by atoms with van der Waals surface area (Å²) in [5.41, 5.74) is 1.55. The highest BCUT2D eigenvalue weighted by Crippen LogP contribution is 2.26. The number of methoxy groups -OCH3 is 1. The van der Waals surface area contributed by atoms with Crippen LogP contribution in [0.1, 0.15) is 23.2 Å². The van der Waals surface area contributed by atoms with E-state index in [1.165, 1.54) is 7.11 Å². The number of benzene rings is 1. The Bertz CT molecular complexity index is 586. The van der Waals surface area contributed by atoms with Gasteiger partial charge >= 0.3 is 18.0 Å². The van der Waals surface area contributed by atoms with Crippen LogP contribution in [-0.2, 0) is 9.53 Å². The number of urea groups is 1. The average molecular weight is 323 g/mol. The Morgan fingerprint density at radius 3 is 2.52 bits per heavy atom. The lowest BCUT2D eigenvalue weighted by molar-refractivity contribution is -0.137. The van der Waals surface area contributed by atoms with Crippen molar-refractivity contribution in [1.29, 1.82) is 0 Å². The van der Waals surface area contributed by atoms with Crippen LogP contribution < -0.4 is 15.5 Å². The first-order valence-electron chi connectivity index (χ1n) is 7.01. The number of hydrogen-bond donors (Lipinski definition) is 3. The van der Waals surface area contributed by atoms with Crippen LogP contribution in [0, 0.1) is 0 Å². The van der Waals surface area contributed by atoms with E-state index in [4.69, 9.17) is 5.11 Å². The number of carbonyl (C=O) groups is 3. The molecule has 0 bridgehead atoms. The van der Waals surface area contributed by atoms with Crippen LogP contribution in [-0.4, -0.2) is 50.8 Å². The molecule has 1 aromatic rings. The first-order valence-corrected chi connectivity index (χ1v) is 7.01. The summed E-state index contributed by atoms with van der Waals surface area (Å²) in [7, 11) is 4.87. The zero-order chi connectivity index (χ0) is 17.4. The molecule has 0 unspecified atom stereocenters. The third kappa shape index (κ3) is 5.85. The van der Waals surface area contributed by atoms with Gasteiger partial charge in [-0.05, 0) is 24.6 Å². The van der Waals surface area contributed by atoms with Gasteiger partial charge in [-0.15, -0.1) is 0 Å². The van der Waals surface area contributed by atoms with Crippen LogP contribution in [0.3, 0.4) is 0 Å². The Hall–Kier alpha value is -2.77. The van der Waals surface area contributed by atoms with Crippen molar-refractivity contribution in [1.82, 2.24) is 5.32 Å². The number of ether oxygens (including phenoxy) is 1. The Balaban J connectivity index is 2.73. The molecule has 1 rings (SSSR count). The maximum absolute atomic E-state index is 11.8. The number of amides is 2. The van der Waals surface area contributed by atoms with E-state index in [2.05, 4.69) is 15.4 Å². The number of rotatable bonds is 7. The quantitative estimate of drug-likeness (QED) is 0.519. The van der Waals surface area contributed by atoms with E-state index in [-0.39, 0.29) is 13.0 Å². The number of carboxylic acids is 1. The van der Waals surface area contributed by atoms with Crippen molar-refractivity contribution >= 4 is 29.3 Å². The van der Waals surface area contributed by atoms with Crippen molar-refractivity contribution in [3.63, 3.8) is 0 Å². The summed E-state index contributed by atoms with van der Waals surface area (Å²) in [4.78, 5) is 35.5. The second-order valence-corrected chi connectivity index (χ2v) is 5.00. The number of aliphatic carboxylic acids is 1. The largest absolute Gasteiger partial charge is 0.481 e. The van der Waals surface area contributed by atoms with Crippen LogP contribution in [0.15, 0.2) is 18.2 Å². The second kappa shape index (κ2) is 8.62. The zero-order valence-electron chi connectivity index (χ0n) is 13.4. The summed E-state index contributed by atoms with van der Waals surface area (Å²) < 4.78 is 4.67. The molecule has 126 valence electrons. The summed E-state index contributed by atoms with van der Waals surface area (Å²) >= 11 is 0. The van der Waals surface area contributed by atoms with Gasteiger partial charge in [-0.3, -0.25) is 4.79 Å². The summed E-state index contributed by atoms with van der Waals surface area (Å²) in [6.07, 6.45) is 0.349. The lowest BCUT2D eigenvalue weighted by Crippen LogP contribution is -2.30. The van der Waals surface area contributed by atoms with Crippen molar-refractivity contribution in [2.45, 2.75) is 12.8 Å². The van der Waals surface area contributed by atoms with Crippen molar-refractivity contribution in [3.8, 4) is 0 Å². The predicted molar refractivity (Wildman–Crippen MR) is 86.0 cm³/mol. The highest BCUT2D eigenvalue weighted by molar-refractivity contribution is 5.96. The fourth-order valence-corrected chi connectivity index (χ4v) is 1.86. The molecule has 2 amide bonds. The molecule has 0 fully saturated rings. The van der Waals surface area contributed by atoms with Gasteiger partial charge in [0.05, 0.1) is 24.0 Å². The van der Waals surface area contributed by atoms with E-state index in [0.717, 1.165) is 0 Å². The molecular weight excluding hydrogens is 302 g/mol. The van der Waals surface area contributed by atoms with E-state index >= 15 is 0 Å². The number of esters is 1. The maximum atomic E-state index is 11.8. The Morgan fingerprint density at radius 1 is 1.26 bits per heavy atom. The summed E-state index contributed by atoms with van der Waals surface area (Å²) in [5, 5.41) is 13.8. The lowest BCUT2D eigenvalue weighted by atomic mass is 10.1. The number of carboxylic acid groups (broad SMARTS) is 1. The normalized spacial score (nSPS) is 9.87. The van der Waals surface area contributed by atoms with Crippen LogP contribution in [0.5, 0.6) is 0 Å². The number of anilines is 2. The van der Waals surface area contributed by atoms with E-state index in [0.29, 0.717) is 23.4 Å². The Kier molecular flexibility index (Phi) is 6.85. The van der Waals surface area contributed by atoms with E-state index < -0.39 is 18.0 Å². The van der Waals surface area contributed by atoms with Gasteiger partial charge in [-0.25, -0.2) is 9.59 Å². The summed E-state index contributed by atoms with van der Waals surface area (Å²) in [6, 6.07) is 4.34. The van der Waals surface area contributed by atoms with Crippen LogP contribution in [0.25, 0.3) is 0 Å². The standard InChI is InChI=1S/C15H21N3O5/c1-18(2)12-9-10(14(21)23-3)6-7-11(12)17-15(22)16-8-4-5-13(19)20/h6-7,9H,4-5,8H2,1-3H3,(H,19,20)(H2,16,17,22). The number of nitrogens with one attached hydrogen (secondary N) is 2. The molecule has 0 aromatic heterocycles. The summed E-state index contributed by atoms with van der Waals surface area (Å²) in [5.74, 6) is -1.36. The van der Waals surface area contributed by atoms with Gasteiger partial charge in [-0.2, -0.15) is 0 Å². The minimum Gasteiger partial charge on any atom is -0.481 e. The average Bonchev–Trinajstić information content (AvgIpc) is 2.50. The van der Waals surface area contributed by atoms with Crippen molar-refractivity contribution in [2.24, 2.45) is 0 Å². The molecule has 0 aliphatic carbocycles. The summed E-state index contributed by atoms with van der Waals surface area (Å²) in [6.45, 7) is 0.260. The lowest BCUT2D eigenvalue weighted by Gasteiger charge is -2.19. The first-order chi connectivity index (χ1) is 10.8. The van der Waals surface area contributed by atoms with Gasteiger partial charge in [0.1, 0.15) is 0 Å². The third-order valence-electron chi connectivity index (χ3n) is 3.00. The van der Waals surface area contributed by atoms with E-state index in [1.54, 1.807) is 37.2 Å². The number of carbonyl (C=O) groups excluding carboxylic acids is 2. The first kappa shape index (κ1) is 18.3. The van der Waals surface area contributed by atoms with Crippen molar-refractivity contribution in [2.75, 3.05) is 38.0 Å². The molecule has 0 saturated heterocycles. The highest BCUT2D eigenvalue weighted by atomic mass is 16.5. The molecule has 8 heteroatoms. The van der Waals surface area contributed by atoms with Crippen LogP contribution in [0.2, 0.25) is 0 Å².